The minimum absolute atomic E-state index is 0.231. The summed E-state index contributed by atoms with van der Waals surface area (Å²) >= 11 is 0. The van der Waals surface area contributed by atoms with Gasteiger partial charge in [-0.3, -0.25) is 9.48 Å². The zero-order valence-electron chi connectivity index (χ0n) is 18.2. The fraction of sp³-hybridized carbons (Fsp3) is 0.476. The van der Waals surface area contributed by atoms with E-state index in [0.29, 0.717) is 37.3 Å². The SMILES string of the molecule is CCCCOc1ncc(C(=O)OC)cc1-c1nc2c(CC)n(CCOC)nc2c(=O)[nH]1. The summed E-state index contributed by atoms with van der Waals surface area (Å²) in [4.78, 5) is 36.5. The molecule has 0 aromatic carbocycles. The van der Waals surface area contributed by atoms with Gasteiger partial charge in [-0.05, 0) is 18.9 Å². The van der Waals surface area contributed by atoms with Crippen molar-refractivity contribution in [1.29, 1.82) is 0 Å². The highest BCUT2D eigenvalue weighted by molar-refractivity contribution is 5.91. The van der Waals surface area contributed by atoms with E-state index in [2.05, 4.69) is 27.0 Å². The van der Waals surface area contributed by atoms with Crippen LogP contribution in [-0.4, -0.2) is 58.1 Å². The average molecular weight is 429 g/mol. The third-order valence-electron chi connectivity index (χ3n) is 4.81. The highest BCUT2D eigenvalue weighted by atomic mass is 16.5. The largest absolute Gasteiger partial charge is 0.477 e. The molecular weight excluding hydrogens is 402 g/mol. The lowest BCUT2D eigenvalue weighted by atomic mass is 10.1. The van der Waals surface area contributed by atoms with Crippen molar-refractivity contribution in [2.45, 2.75) is 39.7 Å². The molecule has 10 nitrogen and oxygen atoms in total. The minimum Gasteiger partial charge on any atom is -0.477 e. The fourth-order valence-corrected chi connectivity index (χ4v) is 3.18. The van der Waals surface area contributed by atoms with Crippen LogP contribution in [0, 0.1) is 0 Å². The summed E-state index contributed by atoms with van der Waals surface area (Å²) in [6.45, 7) is 5.46. The van der Waals surface area contributed by atoms with Crippen molar-refractivity contribution in [3.8, 4) is 17.3 Å². The summed E-state index contributed by atoms with van der Waals surface area (Å²) in [6.07, 6.45) is 3.82. The molecule has 0 bridgehead atoms. The van der Waals surface area contributed by atoms with Crippen LogP contribution in [0.25, 0.3) is 22.4 Å². The number of aryl methyl sites for hydroxylation is 1. The molecule has 3 aromatic rings. The third kappa shape index (κ3) is 4.74. The monoisotopic (exact) mass is 429 g/mol. The molecule has 3 heterocycles. The number of hydrogen-bond donors (Lipinski definition) is 1. The molecule has 0 spiro atoms. The van der Waals surface area contributed by atoms with Gasteiger partial charge in [-0.2, -0.15) is 5.10 Å². The number of H-pyrrole nitrogens is 1. The standard InChI is InChI=1S/C21H27N5O5/c1-5-7-9-31-20-14(11-13(12-22-20)21(28)30-4)18-23-16-15(6-2)26(8-10-29-3)25-17(16)19(27)24-18/h11-12H,5-10H2,1-4H3,(H,23,24,27). The summed E-state index contributed by atoms with van der Waals surface area (Å²) in [6, 6.07) is 1.56. The van der Waals surface area contributed by atoms with Crippen molar-refractivity contribution >= 4 is 17.0 Å². The molecule has 0 saturated heterocycles. The van der Waals surface area contributed by atoms with Gasteiger partial charge in [0.2, 0.25) is 5.88 Å². The van der Waals surface area contributed by atoms with Crippen molar-refractivity contribution in [1.82, 2.24) is 24.7 Å². The van der Waals surface area contributed by atoms with Crippen molar-refractivity contribution in [3.63, 3.8) is 0 Å². The van der Waals surface area contributed by atoms with Crippen LogP contribution in [0.3, 0.4) is 0 Å². The minimum atomic E-state index is -0.543. The van der Waals surface area contributed by atoms with E-state index in [0.717, 1.165) is 18.5 Å². The first kappa shape index (κ1) is 22.4. The molecule has 10 heteroatoms. The molecule has 3 rings (SSSR count). The van der Waals surface area contributed by atoms with Gasteiger partial charge >= 0.3 is 5.97 Å². The van der Waals surface area contributed by atoms with Gasteiger partial charge < -0.3 is 19.2 Å². The first-order valence-corrected chi connectivity index (χ1v) is 10.2. The number of esters is 1. The van der Waals surface area contributed by atoms with Gasteiger partial charge in [0.05, 0.1) is 43.7 Å². The van der Waals surface area contributed by atoms with Crippen molar-refractivity contribution < 1.29 is 19.0 Å². The van der Waals surface area contributed by atoms with E-state index in [-0.39, 0.29) is 28.3 Å². The summed E-state index contributed by atoms with van der Waals surface area (Å²) in [5, 5.41) is 4.41. The second kappa shape index (κ2) is 10.2. The maximum Gasteiger partial charge on any atom is 0.339 e. The highest BCUT2D eigenvalue weighted by Gasteiger charge is 2.20. The molecule has 31 heavy (non-hydrogen) atoms. The number of nitrogens with zero attached hydrogens (tertiary/aromatic N) is 4. The van der Waals surface area contributed by atoms with Gasteiger partial charge in [-0.15, -0.1) is 0 Å². The van der Waals surface area contributed by atoms with Gasteiger partial charge in [0.25, 0.3) is 5.56 Å². The Bertz CT molecular complexity index is 1120. The number of rotatable bonds is 10. The Morgan fingerprint density at radius 2 is 2.00 bits per heavy atom. The molecule has 0 unspecified atom stereocenters. The van der Waals surface area contributed by atoms with Crippen LogP contribution in [0.4, 0.5) is 0 Å². The second-order valence-corrected chi connectivity index (χ2v) is 6.90. The number of nitrogens with one attached hydrogen (secondary N) is 1. The Labute approximate surface area is 179 Å². The summed E-state index contributed by atoms with van der Waals surface area (Å²) < 4.78 is 17.5. The number of aromatic nitrogens is 5. The predicted octanol–water partition coefficient (Wildman–Crippen LogP) is 2.36. The maximum atomic E-state index is 12.8. The second-order valence-electron chi connectivity index (χ2n) is 6.90. The van der Waals surface area contributed by atoms with E-state index in [1.807, 2.05) is 6.92 Å². The van der Waals surface area contributed by atoms with Crippen molar-refractivity contribution in [2.24, 2.45) is 0 Å². The predicted molar refractivity (Wildman–Crippen MR) is 114 cm³/mol. The van der Waals surface area contributed by atoms with Gasteiger partial charge in [0.1, 0.15) is 11.3 Å². The van der Waals surface area contributed by atoms with Crippen LogP contribution in [0.2, 0.25) is 0 Å². The molecule has 0 atom stereocenters. The molecule has 0 saturated carbocycles. The lowest BCUT2D eigenvalue weighted by Gasteiger charge is -2.11. The van der Waals surface area contributed by atoms with E-state index >= 15 is 0 Å². The fourth-order valence-electron chi connectivity index (χ4n) is 3.18. The molecule has 0 aliphatic heterocycles. The molecule has 3 aromatic heterocycles. The maximum absolute atomic E-state index is 12.8. The number of carbonyl (C=O) groups is 1. The average Bonchev–Trinajstić information content (AvgIpc) is 3.15. The lowest BCUT2D eigenvalue weighted by molar-refractivity contribution is 0.0600. The Hall–Kier alpha value is -3.27. The first-order chi connectivity index (χ1) is 15.0. The van der Waals surface area contributed by atoms with Gasteiger partial charge in [-0.1, -0.05) is 20.3 Å². The number of ether oxygens (including phenoxy) is 3. The van der Waals surface area contributed by atoms with Crippen LogP contribution >= 0.6 is 0 Å². The number of carbonyl (C=O) groups excluding carboxylic acids is 1. The molecule has 0 amide bonds. The molecule has 1 N–H and O–H groups in total. The van der Waals surface area contributed by atoms with Crippen LogP contribution in [0.5, 0.6) is 5.88 Å². The first-order valence-electron chi connectivity index (χ1n) is 10.2. The molecule has 166 valence electrons. The Morgan fingerprint density at radius 3 is 2.68 bits per heavy atom. The Morgan fingerprint density at radius 1 is 1.19 bits per heavy atom. The smallest absolute Gasteiger partial charge is 0.339 e. The Balaban J connectivity index is 2.16. The summed E-state index contributed by atoms with van der Waals surface area (Å²) in [5.74, 6) is -0.00409. The lowest BCUT2D eigenvalue weighted by Crippen LogP contribution is -2.12. The molecule has 0 fully saturated rings. The zero-order valence-corrected chi connectivity index (χ0v) is 18.2. The summed E-state index contributed by atoms with van der Waals surface area (Å²) in [5.41, 5.74) is 1.83. The zero-order chi connectivity index (χ0) is 22.4. The van der Waals surface area contributed by atoms with Gasteiger partial charge in [0.15, 0.2) is 5.52 Å². The van der Waals surface area contributed by atoms with Crippen LogP contribution in [0.1, 0.15) is 42.7 Å². The molecular formula is C21H27N5O5. The Kier molecular flexibility index (Phi) is 7.35. The van der Waals surface area contributed by atoms with Crippen LogP contribution in [-0.2, 0) is 22.4 Å². The molecule has 0 radical (unpaired) electrons. The van der Waals surface area contributed by atoms with Gasteiger partial charge in [-0.25, -0.2) is 14.8 Å². The van der Waals surface area contributed by atoms with E-state index in [1.54, 1.807) is 17.9 Å². The number of unbranched alkanes of at least 4 members (excludes halogenated alkanes) is 1. The number of pyridine rings is 1. The van der Waals surface area contributed by atoms with Crippen LogP contribution in [0.15, 0.2) is 17.1 Å². The molecule has 0 aliphatic rings. The van der Waals surface area contributed by atoms with Crippen molar-refractivity contribution in [3.05, 3.63) is 33.9 Å². The van der Waals surface area contributed by atoms with Crippen molar-refractivity contribution in [2.75, 3.05) is 27.4 Å². The van der Waals surface area contributed by atoms with E-state index in [4.69, 9.17) is 14.2 Å². The van der Waals surface area contributed by atoms with E-state index < -0.39 is 5.97 Å². The topological polar surface area (TPSA) is 121 Å². The normalized spacial score (nSPS) is 11.1. The number of methoxy groups -OCH3 is 2. The quantitative estimate of drug-likeness (QED) is 0.385. The molecule has 0 aliphatic carbocycles. The van der Waals surface area contributed by atoms with Gasteiger partial charge in [0, 0.05) is 13.3 Å². The number of aromatic amines is 1. The number of fused-ring (bicyclic) bond motifs is 1. The van der Waals surface area contributed by atoms with E-state index in [1.165, 1.54) is 13.3 Å². The van der Waals surface area contributed by atoms with Crippen LogP contribution < -0.4 is 10.3 Å². The highest BCUT2D eigenvalue weighted by Crippen LogP contribution is 2.28. The third-order valence-corrected chi connectivity index (χ3v) is 4.81. The van der Waals surface area contributed by atoms with E-state index in [9.17, 15) is 9.59 Å². The summed E-state index contributed by atoms with van der Waals surface area (Å²) in [7, 11) is 2.90. The number of hydrogen-bond acceptors (Lipinski definition) is 8.